The van der Waals surface area contributed by atoms with E-state index >= 15 is 0 Å². The minimum atomic E-state index is -4.38. The van der Waals surface area contributed by atoms with E-state index in [-0.39, 0.29) is 18.3 Å². The van der Waals surface area contributed by atoms with Crippen molar-refractivity contribution in [3.63, 3.8) is 0 Å². The average Bonchev–Trinajstić information content (AvgIpc) is 2.92. The fraction of sp³-hybridized carbons (Fsp3) is 0.438. The number of alkyl halides is 3. The van der Waals surface area contributed by atoms with Gasteiger partial charge in [0.2, 0.25) is 5.89 Å². The predicted octanol–water partition coefficient (Wildman–Crippen LogP) is 3.25. The van der Waals surface area contributed by atoms with Crippen LogP contribution >= 0.6 is 0 Å². The van der Waals surface area contributed by atoms with Crippen LogP contribution < -0.4 is 5.32 Å². The van der Waals surface area contributed by atoms with Gasteiger partial charge in [-0.1, -0.05) is 24.6 Å². The molecule has 8 heteroatoms. The van der Waals surface area contributed by atoms with Gasteiger partial charge in [-0.2, -0.15) is 13.2 Å². The van der Waals surface area contributed by atoms with Gasteiger partial charge in [-0.25, -0.2) is 0 Å². The molecule has 1 N–H and O–H groups in total. The smallest absolute Gasteiger partial charge is 0.416 e. The van der Waals surface area contributed by atoms with Gasteiger partial charge in [-0.3, -0.25) is 4.79 Å². The van der Waals surface area contributed by atoms with Gasteiger partial charge in [-0.05, 0) is 24.5 Å². The van der Waals surface area contributed by atoms with Gasteiger partial charge in [0.25, 0.3) is 0 Å². The largest absolute Gasteiger partial charge is 0.417 e. The Labute approximate surface area is 136 Å². The number of aryl methyl sites for hydroxylation is 1. The van der Waals surface area contributed by atoms with E-state index in [0.29, 0.717) is 5.56 Å². The normalized spacial score (nSPS) is 16.5. The van der Waals surface area contributed by atoms with Crippen LogP contribution in [0.1, 0.15) is 47.0 Å². The molecule has 1 aliphatic rings. The average molecular weight is 339 g/mol. The van der Waals surface area contributed by atoms with Gasteiger partial charge in [0.1, 0.15) is 0 Å². The molecule has 0 bridgehead atoms. The molecule has 1 saturated carbocycles. The summed E-state index contributed by atoms with van der Waals surface area (Å²) < 4.78 is 43.8. The molecule has 24 heavy (non-hydrogen) atoms. The zero-order valence-corrected chi connectivity index (χ0v) is 13.0. The van der Waals surface area contributed by atoms with Crippen molar-refractivity contribution in [1.82, 2.24) is 15.5 Å². The second-order valence-electron chi connectivity index (χ2n) is 6.02. The molecule has 1 heterocycles. The topological polar surface area (TPSA) is 68.0 Å². The molecule has 0 radical (unpaired) electrons. The number of nitrogens with one attached hydrogen (secondary N) is 1. The number of carbonyl (C=O) groups is 1. The van der Waals surface area contributed by atoms with E-state index in [0.717, 1.165) is 25.3 Å². The van der Waals surface area contributed by atoms with E-state index in [9.17, 15) is 18.0 Å². The summed E-state index contributed by atoms with van der Waals surface area (Å²) in [6.07, 6.45) is -2.04. The van der Waals surface area contributed by atoms with Crippen molar-refractivity contribution in [2.75, 3.05) is 6.54 Å². The lowest BCUT2D eigenvalue weighted by molar-refractivity contribution is -0.137. The zero-order chi connectivity index (χ0) is 17.4. The Kier molecular flexibility index (Phi) is 4.06. The highest BCUT2D eigenvalue weighted by atomic mass is 19.4. The van der Waals surface area contributed by atoms with Crippen LogP contribution in [0.3, 0.4) is 0 Å². The van der Waals surface area contributed by atoms with Gasteiger partial charge >= 0.3 is 18.0 Å². The molecule has 0 spiro atoms. The maximum atomic E-state index is 12.9. The summed E-state index contributed by atoms with van der Waals surface area (Å²) in [6, 6.07) is 5.30. The Hall–Kier alpha value is -2.38. The van der Waals surface area contributed by atoms with Crippen LogP contribution in [0.4, 0.5) is 13.2 Å². The van der Waals surface area contributed by atoms with Crippen molar-refractivity contribution in [2.24, 2.45) is 0 Å². The van der Waals surface area contributed by atoms with Crippen molar-refractivity contribution in [1.29, 1.82) is 0 Å². The Bertz CT molecular complexity index is 751. The minimum Gasteiger partial charge on any atom is -0.417 e. The summed E-state index contributed by atoms with van der Waals surface area (Å²) in [5.41, 5.74) is -0.567. The number of benzene rings is 1. The molecule has 128 valence electrons. The number of carbonyl (C=O) groups excluding carboxylic acids is 1. The molecule has 2 aromatic rings. The Balaban J connectivity index is 1.76. The SMILES string of the molecule is Cc1nnc(C(=O)NCC2(c3cccc(C(F)(F)F)c3)CCC2)o1. The van der Waals surface area contributed by atoms with Gasteiger partial charge in [-0.15, -0.1) is 10.2 Å². The van der Waals surface area contributed by atoms with E-state index < -0.39 is 23.1 Å². The fourth-order valence-electron chi connectivity index (χ4n) is 2.91. The third kappa shape index (κ3) is 3.13. The van der Waals surface area contributed by atoms with E-state index in [1.54, 1.807) is 13.0 Å². The van der Waals surface area contributed by atoms with Gasteiger partial charge < -0.3 is 9.73 Å². The Morgan fingerprint density at radius 2 is 2.08 bits per heavy atom. The minimum absolute atomic E-state index is 0.147. The number of hydrogen-bond donors (Lipinski definition) is 1. The van der Waals surface area contributed by atoms with E-state index in [1.165, 1.54) is 12.1 Å². The predicted molar refractivity (Wildman–Crippen MR) is 78.3 cm³/mol. The lowest BCUT2D eigenvalue weighted by Gasteiger charge is -2.42. The van der Waals surface area contributed by atoms with Gasteiger partial charge in [0.15, 0.2) is 0 Å². The summed E-state index contributed by atoms with van der Waals surface area (Å²) in [7, 11) is 0. The lowest BCUT2D eigenvalue weighted by atomic mass is 9.64. The van der Waals surface area contributed by atoms with Crippen LogP contribution in [-0.4, -0.2) is 22.6 Å². The number of aromatic nitrogens is 2. The molecule has 0 atom stereocenters. The number of rotatable bonds is 4. The highest BCUT2D eigenvalue weighted by molar-refractivity contribution is 5.89. The quantitative estimate of drug-likeness (QED) is 0.928. The molecule has 5 nitrogen and oxygen atoms in total. The van der Waals surface area contributed by atoms with Crippen molar-refractivity contribution in [2.45, 2.75) is 37.8 Å². The summed E-state index contributed by atoms with van der Waals surface area (Å²) in [4.78, 5) is 12.0. The highest BCUT2D eigenvalue weighted by Gasteiger charge is 2.41. The maximum absolute atomic E-state index is 12.9. The zero-order valence-electron chi connectivity index (χ0n) is 13.0. The first-order valence-corrected chi connectivity index (χ1v) is 7.56. The summed E-state index contributed by atoms with van der Waals surface area (Å²) in [5.74, 6) is -0.392. The van der Waals surface area contributed by atoms with E-state index in [2.05, 4.69) is 15.5 Å². The number of halogens is 3. The number of nitrogens with zero attached hydrogens (tertiary/aromatic N) is 2. The van der Waals surface area contributed by atoms with Crippen LogP contribution in [-0.2, 0) is 11.6 Å². The second kappa shape index (κ2) is 5.92. The van der Waals surface area contributed by atoms with Crippen LogP contribution in [0, 0.1) is 6.92 Å². The summed E-state index contributed by atoms with van der Waals surface area (Å²) in [5, 5.41) is 9.91. The molecule has 1 aromatic heterocycles. The first-order chi connectivity index (χ1) is 11.3. The van der Waals surface area contributed by atoms with Crippen LogP contribution in [0.5, 0.6) is 0 Å². The van der Waals surface area contributed by atoms with Crippen LogP contribution in [0.2, 0.25) is 0 Å². The standard InChI is InChI=1S/C16H16F3N3O2/c1-10-21-22-14(24-10)13(23)20-9-15(6-3-7-15)11-4-2-5-12(8-11)16(17,18)19/h2,4-5,8H,3,6-7,9H2,1H3,(H,20,23). The lowest BCUT2D eigenvalue weighted by Crippen LogP contribution is -2.45. The maximum Gasteiger partial charge on any atom is 0.416 e. The number of hydrogen-bond acceptors (Lipinski definition) is 4. The monoisotopic (exact) mass is 339 g/mol. The van der Waals surface area contributed by atoms with Crippen molar-refractivity contribution in [3.05, 3.63) is 47.2 Å². The van der Waals surface area contributed by atoms with Gasteiger partial charge in [0.05, 0.1) is 5.56 Å². The molecule has 3 rings (SSSR count). The molecule has 1 aliphatic carbocycles. The summed E-state index contributed by atoms with van der Waals surface area (Å²) in [6.45, 7) is 1.80. The van der Waals surface area contributed by atoms with Crippen LogP contribution in [0.25, 0.3) is 0 Å². The molecule has 0 unspecified atom stereocenters. The van der Waals surface area contributed by atoms with E-state index in [1.807, 2.05) is 0 Å². The van der Waals surface area contributed by atoms with Gasteiger partial charge in [0, 0.05) is 18.9 Å². The third-order valence-electron chi connectivity index (χ3n) is 4.42. The van der Waals surface area contributed by atoms with Crippen molar-refractivity contribution in [3.8, 4) is 0 Å². The van der Waals surface area contributed by atoms with Crippen LogP contribution in [0.15, 0.2) is 28.7 Å². The number of amides is 1. The van der Waals surface area contributed by atoms with Crippen molar-refractivity contribution >= 4 is 5.91 Å². The van der Waals surface area contributed by atoms with E-state index in [4.69, 9.17) is 4.42 Å². The molecule has 1 fully saturated rings. The highest BCUT2D eigenvalue weighted by Crippen LogP contribution is 2.44. The Morgan fingerprint density at radius 3 is 2.62 bits per heavy atom. The molecule has 0 aliphatic heterocycles. The third-order valence-corrected chi connectivity index (χ3v) is 4.42. The Morgan fingerprint density at radius 1 is 1.33 bits per heavy atom. The fourth-order valence-corrected chi connectivity index (χ4v) is 2.91. The van der Waals surface area contributed by atoms with Crippen molar-refractivity contribution < 1.29 is 22.4 Å². The molecular weight excluding hydrogens is 323 g/mol. The molecule has 0 saturated heterocycles. The second-order valence-corrected chi connectivity index (χ2v) is 6.02. The molecular formula is C16H16F3N3O2. The first kappa shape index (κ1) is 16.5. The summed E-state index contributed by atoms with van der Waals surface area (Å²) >= 11 is 0. The molecule has 1 amide bonds. The molecule has 1 aromatic carbocycles. The first-order valence-electron chi connectivity index (χ1n) is 7.56.